The highest BCUT2D eigenvalue weighted by Crippen LogP contribution is 2.37. The third-order valence-corrected chi connectivity index (χ3v) is 27.7. The van der Waals surface area contributed by atoms with E-state index >= 15 is 0 Å². The average molecular weight is 2000 g/mol. The van der Waals surface area contributed by atoms with Crippen molar-refractivity contribution in [2.45, 2.75) is 84.8 Å². The van der Waals surface area contributed by atoms with Crippen LogP contribution in [0.5, 0.6) is 0 Å². The quantitative estimate of drug-likeness (QED) is 0.0620. The van der Waals surface area contributed by atoms with Gasteiger partial charge in [-0.25, -0.2) is 85.1 Å². The van der Waals surface area contributed by atoms with E-state index < -0.39 is 59.8 Å². The predicted octanol–water partition coefficient (Wildman–Crippen LogP) is 19.6. The summed E-state index contributed by atoms with van der Waals surface area (Å²) < 4.78 is 145. The van der Waals surface area contributed by atoms with Crippen LogP contribution in [0.15, 0.2) is 376 Å². The number of pyridine rings is 4. The lowest BCUT2D eigenvalue weighted by Crippen LogP contribution is -2.12. The number of nitrogens with two attached hydrogens (primary N) is 4. The van der Waals surface area contributed by atoms with Crippen LogP contribution >= 0.6 is 23.2 Å². The monoisotopic (exact) mass is 2000 g/mol. The van der Waals surface area contributed by atoms with Crippen molar-refractivity contribution in [2.24, 2.45) is 20.6 Å². The molecule has 27 nitrogen and oxygen atoms in total. The zero-order valence-electron chi connectivity index (χ0n) is 76.2. The Labute approximate surface area is 812 Å². The zero-order valence-corrected chi connectivity index (χ0v) is 82.7. The number of primary sulfonamides is 4. The topological polar surface area (TPSA) is 419 Å². The maximum atomic E-state index is 11.6. The van der Waals surface area contributed by atoms with Gasteiger partial charge in [0, 0.05) is 99.5 Å². The van der Waals surface area contributed by atoms with Crippen LogP contribution < -0.4 is 20.6 Å². The molecule has 0 saturated carbocycles. The fraction of sp³-hybridized carbons (Fsp3) is 0.0971. The standard InChI is InChI=1S/2C18H15ClN2O2S.C18H18N2O2S.C17H17N3O2S.2C16H15N3O2S/c2*1-12-3-4-14(10-20-12)18-17(9-15(19)11-21-18)13-5-7-16(8-6-13)24(2,22)23;1-13-3-5-15(6-4-13)18-11-14(2)12-20(18)16-7-9-17(10-8-16)23(19,21)22;1-12-3-5-14(6-4-12)17-11-13(2)19-20(17)15-7-9-16(10-8-15)23(18,21)22;1-12-2-4-13(5-3-12)16-10-11-18-19(16)14-6-8-15(9-7-14)22(17,20)21;1-12-11-16(13-5-3-2-4-6-13)19(18-12)14-7-9-15(10-8-14)22(17,20)21/h2*3-11H,1-2H3;3-12H,1-2H3,(H2,19,21,22);3-11H,1-2H3,(H2,18,21,22);2*2-11H,1H3,(H2,17,20,21). The molecule has 0 aliphatic heterocycles. The average Bonchev–Trinajstić information content (AvgIpc) is 1.78. The Kier molecular flexibility index (Phi) is 31.6. The second-order valence-corrected chi connectivity index (χ2v) is 43.4. The van der Waals surface area contributed by atoms with E-state index in [9.17, 15) is 50.5 Å². The highest BCUT2D eigenvalue weighted by Gasteiger charge is 2.21. The van der Waals surface area contributed by atoms with Crippen molar-refractivity contribution < 1.29 is 50.5 Å². The maximum Gasteiger partial charge on any atom is 0.238 e. The summed E-state index contributed by atoms with van der Waals surface area (Å²) in [6.07, 6.45) is 12.8. The van der Waals surface area contributed by atoms with Crippen molar-refractivity contribution in [1.82, 2.24) is 53.8 Å². The molecule has 10 aromatic carbocycles. The molecule has 0 saturated heterocycles. The summed E-state index contributed by atoms with van der Waals surface area (Å²) in [7, 11) is -21.2. The van der Waals surface area contributed by atoms with Crippen LogP contribution in [-0.2, 0) is 59.8 Å². The first-order valence-corrected chi connectivity index (χ1v) is 52.9. The Morgan fingerprint density at radius 1 is 0.261 bits per heavy atom. The predicted molar refractivity (Wildman–Crippen MR) is 544 cm³/mol. The Bertz CT molecular complexity index is 7810. The summed E-state index contributed by atoms with van der Waals surface area (Å²) in [4.78, 5) is 18.4. The summed E-state index contributed by atoms with van der Waals surface area (Å²) in [5.74, 6) is 0. The molecule has 0 aliphatic rings. The van der Waals surface area contributed by atoms with E-state index in [1.165, 1.54) is 77.7 Å². The molecular weight excluding hydrogens is 1900 g/mol. The minimum atomic E-state index is -3.69. The van der Waals surface area contributed by atoms with E-state index in [1.54, 1.807) is 142 Å². The third kappa shape index (κ3) is 26.3. The highest BCUT2D eigenvalue weighted by atomic mass is 35.5. The first-order chi connectivity index (χ1) is 65.3. The number of sulfonamides is 4. The second-order valence-electron chi connectivity index (χ2n) is 32.3. The molecule has 0 aliphatic carbocycles. The molecule has 35 heteroatoms. The lowest BCUT2D eigenvalue weighted by atomic mass is 10.0. The molecule has 0 spiro atoms. The van der Waals surface area contributed by atoms with Gasteiger partial charge < -0.3 is 4.57 Å². The molecule has 0 atom stereocenters. The fourth-order valence-corrected chi connectivity index (χ4v) is 17.9. The first-order valence-electron chi connectivity index (χ1n) is 42.2. The number of hydrogen-bond acceptors (Lipinski definition) is 19. The Hall–Kier alpha value is -14.2. The van der Waals surface area contributed by atoms with Gasteiger partial charge in [-0.1, -0.05) is 167 Å². The SMILES string of the molecule is Cc1cc(-c2ccccc2)n(-c2ccc(S(N)(=O)=O)cc2)n1.Cc1ccc(-c2cc(C)cn2-c2ccc(S(N)(=O)=O)cc2)cc1.Cc1ccc(-c2cc(C)nn2-c2ccc(S(N)(=O)=O)cc2)cc1.Cc1ccc(-c2ccnn2-c2ccc(S(N)(=O)=O)cc2)cc1.Cc1ccc(-c2ncc(Cl)cc2-c2ccc(S(C)(=O)=O)cc2)cn1.Cc1ccc(-c2ncc(Cl)cc2-c2ccc(S(C)(=O)=O)cc2)cn1. The van der Waals surface area contributed by atoms with Crippen LogP contribution in [-0.4, -0.2) is 117 Å². The Morgan fingerprint density at radius 3 is 0.899 bits per heavy atom. The van der Waals surface area contributed by atoms with Crippen LogP contribution in [0.1, 0.15) is 45.0 Å². The summed E-state index contributed by atoms with van der Waals surface area (Å²) in [5.41, 5.74) is 26.3. The van der Waals surface area contributed by atoms with Crippen LogP contribution in [0.3, 0.4) is 0 Å². The molecular formula is C103H95Cl2N15O12S6. The van der Waals surface area contributed by atoms with Crippen molar-refractivity contribution in [3.8, 4) is 113 Å². The van der Waals surface area contributed by atoms with Gasteiger partial charge in [0.15, 0.2) is 19.7 Å². The summed E-state index contributed by atoms with van der Waals surface area (Å²) in [5, 5.41) is 34.9. The smallest absolute Gasteiger partial charge is 0.238 e. The zero-order chi connectivity index (χ0) is 99.3. The summed E-state index contributed by atoms with van der Waals surface area (Å²) in [6, 6.07) is 92.9. The van der Waals surface area contributed by atoms with Crippen LogP contribution in [0, 0.1) is 55.4 Å². The molecule has 8 heterocycles. The van der Waals surface area contributed by atoms with Gasteiger partial charge in [-0.05, 0) is 260 Å². The third-order valence-electron chi connectivity index (χ3n) is 21.3. The van der Waals surface area contributed by atoms with Gasteiger partial charge in [-0.15, -0.1) is 0 Å². The van der Waals surface area contributed by atoms with Crippen molar-refractivity contribution in [2.75, 3.05) is 12.5 Å². The highest BCUT2D eigenvalue weighted by molar-refractivity contribution is 7.91. The number of benzene rings is 10. The fourth-order valence-electron chi connectivity index (χ4n) is 14.2. The van der Waals surface area contributed by atoms with E-state index in [1.807, 2.05) is 193 Å². The molecule has 18 rings (SSSR count). The molecule has 0 fully saturated rings. The van der Waals surface area contributed by atoms with Gasteiger partial charge in [0.25, 0.3) is 0 Å². The molecule has 0 amide bonds. The van der Waals surface area contributed by atoms with Gasteiger partial charge in [-0.2, -0.15) is 15.3 Å². The number of aromatic nitrogens is 11. The van der Waals surface area contributed by atoms with E-state index in [4.69, 9.17) is 43.8 Å². The summed E-state index contributed by atoms with van der Waals surface area (Å²) >= 11 is 12.2. The van der Waals surface area contributed by atoms with E-state index in [0.717, 1.165) is 141 Å². The summed E-state index contributed by atoms with van der Waals surface area (Å²) in [6.45, 7) is 15.8. The first kappa shape index (κ1) is 101. The van der Waals surface area contributed by atoms with Gasteiger partial charge in [0.05, 0.1) is 108 Å². The number of halogens is 2. The lowest BCUT2D eigenvalue weighted by molar-refractivity contribution is 0.596. The van der Waals surface area contributed by atoms with E-state index in [2.05, 4.69) is 72.5 Å². The van der Waals surface area contributed by atoms with Crippen molar-refractivity contribution in [3.05, 3.63) is 402 Å². The minimum absolute atomic E-state index is 0.0836. The molecule has 8 aromatic heterocycles. The van der Waals surface area contributed by atoms with Crippen molar-refractivity contribution in [1.29, 1.82) is 0 Å². The van der Waals surface area contributed by atoms with Gasteiger partial charge in [0.1, 0.15) is 0 Å². The van der Waals surface area contributed by atoms with Gasteiger partial charge in [0.2, 0.25) is 40.1 Å². The van der Waals surface area contributed by atoms with Crippen LogP contribution in [0.4, 0.5) is 0 Å². The molecule has 704 valence electrons. The van der Waals surface area contributed by atoms with Crippen molar-refractivity contribution >= 4 is 83.0 Å². The van der Waals surface area contributed by atoms with Gasteiger partial charge in [-0.3, -0.25) is 19.9 Å². The number of rotatable bonds is 18. The van der Waals surface area contributed by atoms with Crippen LogP contribution in [0.25, 0.3) is 113 Å². The number of nitrogens with zero attached hydrogens (tertiary/aromatic N) is 11. The largest absolute Gasteiger partial charge is 0.316 e. The number of hydrogen-bond donors (Lipinski definition) is 4. The normalized spacial score (nSPS) is 11.5. The minimum Gasteiger partial charge on any atom is -0.316 e. The molecule has 8 N–H and O–H groups in total. The molecule has 0 unspecified atom stereocenters. The van der Waals surface area contributed by atoms with E-state index in [0.29, 0.717) is 10.0 Å². The number of aryl methyl sites for hydroxylation is 8. The lowest BCUT2D eigenvalue weighted by Gasteiger charge is -2.10. The maximum absolute atomic E-state index is 11.6. The molecule has 138 heavy (non-hydrogen) atoms. The van der Waals surface area contributed by atoms with Crippen LogP contribution in [0.2, 0.25) is 10.0 Å². The van der Waals surface area contributed by atoms with E-state index in [-0.39, 0.29) is 29.4 Å². The molecule has 0 bridgehead atoms. The Morgan fingerprint density at radius 2 is 0.565 bits per heavy atom. The Balaban J connectivity index is 0.000000140. The number of sulfone groups is 2. The van der Waals surface area contributed by atoms with Gasteiger partial charge >= 0.3 is 0 Å². The molecule has 0 radical (unpaired) electrons. The second kappa shape index (κ2) is 43.0. The molecule has 18 aromatic rings. The van der Waals surface area contributed by atoms with Crippen molar-refractivity contribution in [3.63, 3.8) is 0 Å².